The summed E-state index contributed by atoms with van der Waals surface area (Å²) in [5.74, 6) is 1.38. The Balaban J connectivity index is 2.16. The lowest BCUT2D eigenvalue weighted by Gasteiger charge is -2.17. The van der Waals surface area contributed by atoms with Crippen LogP contribution >= 0.6 is 0 Å². The number of fused-ring (bicyclic) bond motifs is 4. The van der Waals surface area contributed by atoms with E-state index in [9.17, 15) is 4.79 Å². The highest BCUT2D eigenvalue weighted by atomic mass is 16.6. The van der Waals surface area contributed by atoms with Crippen LogP contribution in [0.15, 0.2) is 23.3 Å². The highest BCUT2D eigenvalue weighted by molar-refractivity contribution is 6.05. The molecule has 0 unspecified atom stereocenters. The standard InChI is InChI=1S/C12H9N3O3/c16-12-11-10(13-5-14-12)6-3-8-9(4-7(6)15-11)18-2-1-17-8/h3-5,15H,1-2H2,(H,13,14,16). The van der Waals surface area contributed by atoms with Gasteiger partial charge in [0, 0.05) is 11.5 Å². The summed E-state index contributed by atoms with van der Waals surface area (Å²) in [6, 6.07) is 3.69. The number of nitrogens with one attached hydrogen (secondary N) is 2. The van der Waals surface area contributed by atoms with Gasteiger partial charge in [-0.25, -0.2) is 4.98 Å². The Morgan fingerprint density at radius 2 is 1.94 bits per heavy atom. The third-order valence-electron chi connectivity index (χ3n) is 3.05. The number of hydrogen-bond donors (Lipinski definition) is 2. The van der Waals surface area contributed by atoms with Crippen molar-refractivity contribution in [1.29, 1.82) is 0 Å². The molecule has 0 atom stereocenters. The Hall–Kier alpha value is -2.50. The topological polar surface area (TPSA) is 80.0 Å². The molecule has 6 heteroatoms. The Kier molecular flexibility index (Phi) is 1.72. The number of aromatic nitrogens is 3. The molecule has 0 saturated carbocycles. The molecule has 1 aliphatic rings. The van der Waals surface area contributed by atoms with Crippen molar-refractivity contribution in [3.05, 3.63) is 28.8 Å². The van der Waals surface area contributed by atoms with Crippen molar-refractivity contribution in [2.75, 3.05) is 13.2 Å². The number of H-pyrrole nitrogens is 2. The van der Waals surface area contributed by atoms with Gasteiger partial charge in [-0.1, -0.05) is 0 Å². The molecule has 0 bridgehead atoms. The first-order valence-electron chi connectivity index (χ1n) is 5.61. The second-order valence-corrected chi connectivity index (χ2v) is 4.12. The highest BCUT2D eigenvalue weighted by Gasteiger charge is 2.16. The van der Waals surface area contributed by atoms with Gasteiger partial charge in [0.1, 0.15) is 24.2 Å². The van der Waals surface area contributed by atoms with E-state index < -0.39 is 0 Å². The lowest BCUT2D eigenvalue weighted by Crippen LogP contribution is -2.15. The van der Waals surface area contributed by atoms with Crippen molar-refractivity contribution in [1.82, 2.24) is 15.0 Å². The van der Waals surface area contributed by atoms with E-state index >= 15 is 0 Å². The second-order valence-electron chi connectivity index (χ2n) is 4.12. The van der Waals surface area contributed by atoms with E-state index in [0.29, 0.717) is 35.7 Å². The molecule has 0 spiro atoms. The molecule has 0 saturated heterocycles. The Labute approximate surface area is 101 Å². The predicted octanol–water partition coefficient (Wildman–Crippen LogP) is 1.18. The second kappa shape index (κ2) is 3.25. The zero-order valence-corrected chi connectivity index (χ0v) is 9.32. The number of aromatic amines is 2. The van der Waals surface area contributed by atoms with E-state index in [1.165, 1.54) is 6.33 Å². The molecule has 18 heavy (non-hydrogen) atoms. The van der Waals surface area contributed by atoms with Crippen molar-refractivity contribution in [2.45, 2.75) is 0 Å². The lowest BCUT2D eigenvalue weighted by atomic mass is 10.2. The van der Waals surface area contributed by atoms with Gasteiger partial charge in [0.2, 0.25) is 0 Å². The first-order chi connectivity index (χ1) is 8.83. The molecular weight excluding hydrogens is 234 g/mol. The van der Waals surface area contributed by atoms with Gasteiger partial charge < -0.3 is 19.4 Å². The molecule has 1 aromatic carbocycles. The van der Waals surface area contributed by atoms with Crippen molar-refractivity contribution in [3.63, 3.8) is 0 Å². The first kappa shape index (κ1) is 9.52. The minimum atomic E-state index is -0.184. The van der Waals surface area contributed by atoms with Crippen LogP contribution in [0.1, 0.15) is 0 Å². The van der Waals surface area contributed by atoms with Crippen molar-refractivity contribution in [2.24, 2.45) is 0 Å². The van der Waals surface area contributed by atoms with Gasteiger partial charge in [-0.2, -0.15) is 0 Å². The van der Waals surface area contributed by atoms with Gasteiger partial charge >= 0.3 is 0 Å². The molecule has 3 heterocycles. The summed E-state index contributed by atoms with van der Waals surface area (Å²) in [4.78, 5) is 21.5. The van der Waals surface area contributed by atoms with Gasteiger partial charge in [-0.15, -0.1) is 0 Å². The molecule has 0 aliphatic carbocycles. The van der Waals surface area contributed by atoms with Gasteiger partial charge in [0.05, 0.1) is 11.8 Å². The van der Waals surface area contributed by atoms with Gasteiger partial charge in [0.15, 0.2) is 11.5 Å². The molecule has 0 amide bonds. The Morgan fingerprint density at radius 3 is 2.78 bits per heavy atom. The fraction of sp³-hybridized carbons (Fsp3) is 0.167. The monoisotopic (exact) mass is 243 g/mol. The minimum Gasteiger partial charge on any atom is -0.486 e. The van der Waals surface area contributed by atoms with Crippen LogP contribution < -0.4 is 15.0 Å². The first-order valence-corrected chi connectivity index (χ1v) is 5.61. The van der Waals surface area contributed by atoms with E-state index in [0.717, 1.165) is 10.9 Å². The average Bonchev–Trinajstić information content (AvgIpc) is 2.76. The van der Waals surface area contributed by atoms with Crippen LogP contribution in [0.25, 0.3) is 21.9 Å². The van der Waals surface area contributed by atoms with Crippen molar-refractivity contribution >= 4 is 21.9 Å². The van der Waals surface area contributed by atoms with Gasteiger partial charge in [-0.3, -0.25) is 4.79 Å². The van der Waals surface area contributed by atoms with E-state index in [1.54, 1.807) is 0 Å². The Bertz CT molecular complexity index is 818. The van der Waals surface area contributed by atoms with Crippen molar-refractivity contribution in [3.8, 4) is 11.5 Å². The number of nitrogens with zero attached hydrogens (tertiary/aromatic N) is 1. The van der Waals surface area contributed by atoms with E-state index in [-0.39, 0.29) is 5.56 Å². The van der Waals surface area contributed by atoms with Gasteiger partial charge in [-0.05, 0) is 6.07 Å². The summed E-state index contributed by atoms with van der Waals surface area (Å²) < 4.78 is 11.0. The van der Waals surface area contributed by atoms with E-state index in [1.807, 2.05) is 12.1 Å². The molecule has 0 radical (unpaired) electrons. The van der Waals surface area contributed by atoms with Crippen molar-refractivity contribution < 1.29 is 9.47 Å². The van der Waals surface area contributed by atoms with E-state index in [2.05, 4.69) is 15.0 Å². The van der Waals surface area contributed by atoms with Crippen LogP contribution in [-0.2, 0) is 0 Å². The zero-order valence-electron chi connectivity index (χ0n) is 9.32. The predicted molar refractivity (Wildman–Crippen MR) is 65.2 cm³/mol. The normalized spacial score (nSPS) is 14.2. The molecular formula is C12H9N3O3. The van der Waals surface area contributed by atoms with Gasteiger partial charge in [0.25, 0.3) is 5.56 Å². The SMILES string of the molecule is O=c1[nH]cnc2c1[nH]c1cc3c(cc12)OCCO3. The van der Waals surface area contributed by atoms with E-state index in [4.69, 9.17) is 9.47 Å². The number of hydrogen-bond acceptors (Lipinski definition) is 4. The third kappa shape index (κ3) is 1.17. The summed E-state index contributed by atoms with van der Waals surface area (Å²) in [5.41, 5.74) is 1.75. The van der Waals surface area contributed by atoms with Crippen LogP contribution in [0.5, 0.6) is 11.5 Å². The molecule has 90 valence electrons. The quantitative estimate of drug-likeness (QED) is 0.621. The third-order valence-corrected chi connectivity index (χ3v) is 3.05. The van der Waals surface area contributed by atoms with Crippen LogP contribution in [-0.4, -0.2) is 28.2 Å². The van der Waals surface area contributed by atoms with Crippen LogP contribution in [0.3, 0.4) is 0 Å². The molecule has 2 aromatic heterocycles. The van der Waals surface area contributed by atoms with Crippen LogP contribution in [0.2, 0.25) is 0 Å². The fourth-order valence-electron chi connectivity index (χ4n) is 2.24. The average molecular weight is 243 g/mol. The van der Waals surface area contributed by atoms with Crippen LogP contribution in [0.4, 0.5) is 0 Å². The summed E-state index contributed by atoms with van der Waals surface area (Å²) in [7, 11) is 0. The molecule has 6 nitrogen and oxygen atoms in total. The molecule has 1 aliphatic heterocycles. The maximum Gasteiger partial charge on any atom is 0.275 e. The zero-order chi connectivity index (χ0) is 12.1. The fourth-order valence-corrected chi connectivity index (χ4v) is 2.24. The minimum absolute atomic E-state index is 0.184. The molecule has 3 aromatic rings. The lowest BCUT2D eigenvalue weighted by molar-refractivity contribution is 0.172. The smallest absolute Gasteiger partial charge is 0.275 e. The largest absolute Gasteiger partial charge is 0.486 e. The summed E-state index contributed by atoms with van der Waals surface area (Å²) in [6.07, 6.45) is 1.40. The molecule has 4 rings (SSSR count). The summed E-state index contributed by atoms with van der Waals surface area (Å²) >= 11 is 0. The summed E-state index contributed by atoms with van der Waals surface area (Å²) in [5, 5.41) is 0.861. The Morgan fingerprint density at radius 1 is 1.17 bits per heavy atom. The molecule has 2 N–H and O–H groups in total. The maximum absolute atomic E-state index is 11.7. The number of benzene rings is 1. The highest BCUT2D eigenvalue weighted by Crippen LogP contribution is 2.36. The number of rotatable bonds is 0. The molecule has 0 fully saturated rings. The maximum atomic E-state index is 11.7. The number of ether oxygens (including phenoxy) is 2. The van der Waals surface area contributed by atoms with Crippen LogP contribution in [0, 0.1) is 0 Å². The summed E-state index contributed by atoms with van der Waals surface area (Å²) in [6.45, 7) is 1.08.